The molecule has 2 aromatic carbocycles. The molecule has 0 aliphatic carbocycles. The van der Waals surface area contributed by atoms with E-state index in [4.69, 9.17) is 4.74 Å². The van der Waals surface area contributed by atoms with Gasteiger partial charge >= 0.3 is 5.97 Å². The molecular weight excluding hydrogens is 423 g/mol. The number of amides is 1. The van der Waals surface area contributed by atoms with E-state index in [-0.39, 0.29) is 22.2 Å². The summed E-state index contributed by atoms with van der Waals surface area (Å²) in [6.45, 7) is 3.79. The molecule has 166 valence electrons. The van der Waals surface area contributed by atoms with Gasteiger partial charge in [-0.25, -0.2) is 17.6 Å². The van der Waals surface area contributed by atoms with Crippen molar-refractivity contribution in [3.8, 4) is 0 Å². The monoisotopic (exact) mass is 448 g/mol. The van der Waals surface area contributed by atoms with Gasteiger partial charge in [-0.15, -0.1) is 0 Å². The Morgan fingerprint density at radius 2 is 1.74 bits per heavy atom. The molecule has 3 rings (SSSR count). The minimum absolute atomic E-state index is 0.0161. The second-order valence-corrected chi connectivity index (χ2v) is 9.59. The van der Waals surface area contributed by atoms with Crippen LogP contribution in [-0.4, -0.2) is 69.1 Å². The summed E-state index contributed by atoms with van der Waals surface area (Å²) < 4.78 is 42.4. The molecule has 1 heterocycles. The molecular formula is C22H25FN2O5S. The number of sulfone groups is 1. The van der Waals surface area contributed by atoms with E-state index >= 15 is 0 Å². The third-order valence-corrected chi connectivity index (χ3v) is 6.37. The molecule has 0 radical (unpaired) electrons. The number of halogens is 1. The summed E-state index contributed by atoms with van der Waals surface area (Å²) in [5.41, 5.74) is 1.29. The minimum atomic E-state index is -3.47. The van der Waals surface area contributed by atoms with Gasteiger partial charge in [0.15, 0.2) is 16.4 Å². The van der Waals surface area contributed by atoms with E-state index in [9.17, 15) is 22.4 Å². The number of carbonyl (C=O) groups excluding carboxylic acids is 2. The SMILES string of the molecule is Cc1ccc(S(C)(=O)=O)cc1C(=O)OCC(=O)N1CCN(Cc2ccccc2F)CC1. The predicted molar refractivity (Wildman–Crippen MR) is 113 cm³/mol. The normalized spacial score (nSPS) is 15.0. The van der Waals surface area contributed by atoms with Crippen molar-refractivity contribution < 1.29 is 27.1 Å². The Morgan fingerprint density at radius 1 is 1.06 bits per heavy atom. The molecule has 1 saturated heterocycles. The van der Waals surface area contributed by atoms with Gasteiger partial charge in [0.1, 0.15) is 5.82 Å². The lowest BCUT2D eigenvalue weighted by molar-refractivity contribution is -0.136. The van der Waals surface area contributed by atoms with Crippen LogP contribution in [0, 0.1) is 12.7 Å². The van der Waals surface area contributed by atoms with Crippen molar-refractivity contribution in [2.75, 3.05) is 39.0 Å². The van der Waals surface area contributed by atoms with Gasteiger partial charge in [0.25, 0.3) is 5.91 Å². The zero-order chi connectivity index (χ0) is 22.6. The highest BCUT2D eigenvalue weighted by molar-refractivity contribution is 7.90. The second-order valence-electron chi connectivity index (χ2n) is 7.57. The quantitative estimate of drug-likeness (QED) is 0.629. The summed E-state index contributed by atoms with van der Waals surface area (Å²) in [5, 5.41) is 0. The first-order chi connectivity index (χ1) is 14.6. The molecule has 7 nitrogen and oxygen atoms in total. The Morgan fingerprint density at radius 3 is 2.39 bits per heavy atom. The zero-order valence-electron chi connectivity index (χ0n) is 17.5. The fourth-order valence-corrected chi connectivity index (χ4v) is 4.02. The van der Waals surface area contributed by atoms with Gasteiger partial charge in [0, 0.05) is 44.5 Å². The van der Waals surface area contributed by atoms with E-state index in [0.29, 0.717) is 43.9 Å². The third-order valence-electron chi connectivity index (χ3n) is 5.26. The lowest BCUT2D eigenvalue weighted by atomic mass is 10.1. The molecule has 0 aromatic heterocycles. The maximum atomic E-state index is 13.8. The van der Waals surface area contributed by atoms with Gasteiger partial charge in [0.05, 0.1) is 10.5 Å². The van der Waals surface area contributed by atoms with Crippen molar-refractivity contribution >= 4 is 21.7 Å². The molecule has 0 N–H and O–H groups in total. The topological polar surface area (TPSA) is 84.0 Å². The number of hydrogen-bond acceptors (Lipinski definition) is 6. The second kappa shape index (κ2) is 9.57. The van der Waals surface area contributed by atoms with E-state index in [1.807, 2.05) is 0 Å². The van der Waals surface area contributed by atoms with Crippen LogP contribution >= 0.6 is 0 Å². The van der Waals surface area contributed by atoms with E-state index in [0.717, 1.165) is 6.26 Å². The van der Waals surface area contributed by atoms with Crippen molar-refractivity contribution in [3.63, 3.8) is 0 Å². The van der Waals surface area contributed by atoms with Crippen LogP contribution in [0.2, 0.25) is 0 Å². The summed E-state index contributed by atoms with van der Waals surface area (Å²) >= 11 is 0. The molecule has 0 atom stereocenters. The Balaban J connectivity index is 1.52. The number of esters is 1. The number of carbonyl (C=O) groups is 2. The van der Waals surface area contributed by atoms with Gasteiger partial charge in [-0.05, 0) is 30.7 Å². The highest BCUT2D eigenvalue weighted by Gasteiger charge is 2.23. The molecule has 0 unspecified atom stereocenters. The molecule has 31 heavy (non-hydrogen) atoms. The van der Waals surface area contributed by atoms with Crippen molar-refractivity contribution in [1.82, 2.24) is 9.80 Å². The van der Waals surface area contributed by atoms with Crippen LogP contribution in [0.3, 0.4) is 0 Å². The van der Waals surface area contributed by atoms with Gasteiger partial charge < -0.3 is 9.64 Å². The maximum absolute atomic E-state index is 13.8. The number of rotatable bonds is 6. The molecule has 9 heteroatoms. The van der Waals surface area contributed by atoms with Crippen molar-refractivity contribution in [2.45, 2.75) is 18.4 Å². The van der Waals surface area contributed by atoms with Crippen molar-refractivity contribution in [1.29, 1.82) is 0 Å². The molecule has 2 aromatic rings. The standard InChI is InChI=1S/C22H25FN2O5S/c1-16-7-8-18(31(2,28)29)13-19(16)22(27)30-15-21(26)25-11-9-24(10-12-25)14-17-5-3-4-6-20(17)23/h3-8,13H,9-12,14-15H2,1-2H3. The summed E-state index contributed by atoms with van der Waals surface area (Å²) in [6.07, 6.45) is 1.06. The van der Waals surface area contributed by atoms with Crippen LogP contribution in [0.25, 0.3) is 0 Å². The molecule has 0 saturated carbocycles. The van der Waals surface area contributed by atoms with Gasteiger partial charge in [-0.2, -0.15) is 0 Å². The van der Waals surface area contributed by atoms with Crippen LogP contribution in [0.5, 0.6) is 0 Å². The fourth-order valence-electron chi connectivity index (χ4n) is 3.37. The smallest absolute Gasteiger partial charge is 0.338 e. The van der Waals surface area contributed by atoms with Crippen LogP contribution in [-0.2, 0) is 25.9 Å². The maximum Gasteiger partial charge on any atom is 0.338 e. The Bertz CT molecular complexity index is 1080. The zero-order valence-corrected chi connectivity index (χ0v) is 18.3. The van der Waals surface area contributed by atoms with Crippen LogP contribution in [0.15, 0.2) is 47.4 Å². The lowest BCUT2D eigenvalue weighted by Gasteiger charge is -2.34. The van der Waals surface area contributed by atoms with Gasteiger partial charge in [-0.3, -0.25) is 9.69 Å². The van der Waals surface area contributed by atoms with Crippen LogP contribution in [0.1, 0.15) is 21.5 Å². The first kappa shape index (κ1) is 22.9. The van der Waals surface area contributed by atoms with Crippen molar-refractivity contribution in [3.05, 3.63) is 65.0 Å². The Labute approximate surface area is 181 Å². The number of nitrogens with zero attached hydrogens (tertiary/aromatic N) is 2. The lowest BCUT2D eigenvalue weighted by Crippen LogP contribution is -2.49. The van der Waals surface area contributed by atoms with E-state index in [1.54, 1.807) is 30.0 Å². The molecule has 0 spiro atoms. The molecule has 1 aliphatic heterocycles. The Kier molecular flexibility index (Phi) is 7.07. The van der Waals surface area contributed by atoms with Gasteiger partial charge in [0.2, 0.25) is 0 Å². The molecule has 1 amide bonds. The van der Waals surface area contributed by atoms with Crippen LogP contribution < -0.4 is 0 Å². The first-order valence-electron chi connectivity index (χ1n) is 9.86. The average Bonchev–Trinajstić information content (AvgIpc) is 2.73. The number of ether oxygens (including phenoxy) is 1. The van der Waals surface area contributed by atoms with Crippen molar-refractivity contribution in [2.24, 2.45) is 0 Å². The number of hydrogen-bond donors (Lipinski definition) is 0. The molecule has 1 fully saturated rings. The van der Waals surface area contributed by atoms with E-state index < -0.39 is 22.4 Å². The average molecular weight is 449 g/mol. The highest BCUT2D eigenvalue weighted by Crippen LogP contribution is 2.17. The number of piperazine rings is 1. The number of aryl methyl sites for hydroxylation is 1. The third kappa shape index (κ3) is 5.89. The van der Waals surface area contributed by atoms with E-state index in [1.165, 1.54) is 24.3 Å². The largest absolute Gasteiger partial charge is 0.452 e. The highest BCUT2D eigenvalue weighted by atomic mass is 32.2. The van der Waals surface area contributed by atoms with Crippen LogP contribution in [0.4, 0.5) is 4.39 Å². The molecule has 1 aliphatic rings. The Hall–Kier alpha value is -2.78. The van der Waals surface area contributed by atoms with E-state index in [2.05, 4.69) is 4.90 Å². The summed E-state index contributed by atoms with van der Waals surface area (Å²) in [7, 11) is -3.47. The summed E-state index contributed by atoms with van der Waals surface area (Å²) in [4.78, 5) is 28.5. The summed E-state index contributed by atoms with van der Waals surface area (Å²) in [6, 6.07) is 10.8. The first-order valence-corrected chi connectivity index (χ1v) is 11.8. The van der Waals surface area contributed by atoms with Gasteiger partial charge in [-0.1, -0.05) is 24.3 Å². The minimum Gasteiger partial charge on any atom is -0.452 e. The number of benzene rings is 2. The summed E-state index contributed by atoms with van der Waals surface area (Å²) in [5.74, 6) is -1.31. The fraction of sp³-hybridized carbons (Fsp3) is 0.364. The molecule has 0 bridgehead atoms. The predicted octanol–water partition coefficient (Wildman–Crippen LogP) is 2.04.